The first-order valence-corrected chi connectivity index (χ1v) is 7.47. The number of ether oxygens (including phenoxy) is 1. The first-order valence-electron chi connectivity index (χ1n) is 7.47. The third-order valence-electron chi connectivity index (χ3n) is 3.43. The Morgan fingerprint density at radius 3 is 2.81 bits per heavy atom. The first kappa shape index (κ1) is 15.4. The minimum Gasteiger partial charge on any atom is -0.494 e. The molecule has 2 aromatic rings. The third-order valence-corrected chi connectivity index (χ3v) is 3.43. The number of rotatable bonds is 6. The number of nitrogens with one attached hydrogen (secondary N) is 1. The Morgan fingerprint density at radius 1 is 1.38 bits per heavy atom. The van der Waals surface area contributed by atoms with Crippen molar-refractivity contribution in [1.82, 2.24) is 5.32 Å². The van der Waals surface area contributed by atoms with Gasteiger partial charge in [-0.3, -0.25) is 4.79 Å². The second-order valence-corrected chi connectivity index (χ2v) is 5.59. The molecule has 1 aromatic carbocycles. The highest BCUT2D eigenvalue weighted by molar-refractivity contribution is 5.99. The summed E-state index contributed by atoms with van der Waals surface area (Å²) in [5.41, 5.74) is 1.57. The zero-order chi connectivity index (χ0) is 15.4. The van der Waals surface area contributed by atoms with Crippen LogP contribution in [0.5, 0.6) is 5.75 Å². The van der Waals surface area contributed by atoms with Gasteiger partial charge in [0.15, 0.2) is 5.76 Å². The summed E-state index contributed by atoms with van der Waals surface area (Å²) in [6.45, 7) is 9.39. The number of carbonyl (C=O) groups excluding carboxylic acids is 1. The standard InChI is InChI=1S/C17H23NO3/c1-5-20-13-6-7-15-14(10-13)12(4)16(21-15)17(19)18-9-8-11(2)3/h6-7,10-11H,5,8-9H2,1-4H3,(H,18,19). The number of benzene rings is 1. The van der Waals surface area contributed by atoms with E-state index in [1.807, 2.05) is 32.0 Å². The van der Waals surface area contributed by atoms with E-state index in [4.69, 9.17) is 9.15 Å². The predicted octanol–water partition coefficient (Wildman–Crippen LogP) is 3.92. The molecule has 0 radical (unpaired) electrons. The lowest BCUT2D eigenvalue weighted by molar-refractivity contribution is 0.0925. The van der Waals surface area contributed by atoms with Gasteiger partial charge in [0.1, 0.15) is 11.3 Å². The highest BCUT2D eigenvalue weighted by Gasteiger charge is 2.17. The van der Waals surface area contributed by atoms with Gasteiger partial charge in [-0.2, -0.15) is 0 Å². The van der Waals surface area contributed by atoms with Crippen molar-refractivity contribution in [3.63, 3.8) is 0 Å². The van der Waals surface area contributed by atoms with Crippen LogP contribution in [-0.2, 0) is 0 Å². The number of furan rings is 1. The molecule has 114 valence electrons. The maximum absolute atomic E-state index is 12.2. The van der Waals surface area contributed by atoms with Crippen LogP contribution in [0.1, 0.15) is 43.3 Å². The van der Waals surface area contributed by atoms with Crippen LogP contribution in [0.2, 0.25) is 0 Å². The number of fused-ring (bicyclic) bond motifs is 1. The van der Waals surface area contributed by atoms with E-state index in [2.05, 4.69) is 19.2 Å². The van der Waals surface area contributed by atoms with Gasteiger partial charge in [-0.1, -0.05) is 13.8 Å². The predicted molar refractivity (Wildman–Crippen MR) is 83.9 cm³/mol. The van der Waals surface area contributed by atoms with Crippen LogP contribution >= 0.6 is 0 Å². The molecule has 1 amide bonds. The lowest BCUT2D eigenvalue weighted by atomic mass is 10.1. The molecule has 1 heterocycles. The van der Waals surface area contributed by atoms with E-state index >= 15 is 0 Å². The third kappa shape index (κ3) is 3.57. The molecular weight excluding hydrogens is 266 g/mol. The number of hydrogen-bond donors (Lipinski definition) is 1. The average Bonchev–Trinajstić information content (AvgIpc) is 2.76. The Balaban J connectivity index is 2.20. The van der Waals surface area contributed by atoms with Crippen LogP contribution in [0, 0.1) is 12.8 Å². The smallest absolute Gasteiger partial charge is 0.287 e. The maximum atomic E-state index is 12.2. The van der Waals surface area contributed by atoms with Gasteiger partial charge in [0.25, 0.3) is 5.91 Å². The molecule has 4 nitrogen and oxygen atoms in total. The molecule has 1 aromatic heterocycles. The molecule has 0 spiro atoms. The number of carbonyl (C=O) groups is 1. The molecule has 21 heavy (non-hydrogen) atoms. The molecule has 2 rings (SSSR count). The van der Waals surface area contributed by atoms with Crippen LogP contribution in [-0.4, -0.2) is 19.1 Å². The van der Waals surface area contributed by atoms with Crippen LogP contribution in [0.4, 0.5) is 0 Å². The van der Waals surface area contributed by atoms with Crippen LogP contribution in [0.25, 0.3) is 11.0 Å². The summed E-state index contributed by atoms with van der Waals surface area (Å²) in [4.78, 5) is 12.2. The van der Waals surface area contributed by atoms with Crippen molar-refractivity contribution in [1.29, 1.82) is 0 Å². The van der Waals surface area contributed by atoms with E-state index in [1.54, 1.807) is 0 Å². The molecule has 0 aliphatic rings. The van der Waals surface area contributed by atoms with Crippen molar-refractivity contribution in [2.45, 2.75) is 34.1 Å². The van der Waals surface area contributed by atoms with Crippen molar-refractivity contribution in [2.24, 2.45) is 5.92 Å². The van der Waals surface area contributed by atoms with Crippen molar-refractivity contribution in [3.05, 3.63) is 29.5 Å². The molecular formula is C17H23NO3. The van der Waals surface area contributed by atoms with E-state index in [1.165, 1.54) is 0 Å². The summed E-state index contributed by atoms with van der Waals surface area (Å²) in [5, 5.41) is 3.83. The molecule has 0 unspecified atom stereocenters. The number of amides is 1. The van der Waals surface area contributed by atoms with E-state index in [-0.39, 0.29) is 5.91 Å². The zero-order valence-corrected chi connectivity index (χ0v) is 13.2. The SMILES string of the molecule is CCOc1ccc2oc(C(=O)NCCC(C)C)c(C)c2c1. The van der Waals surface area contributed by atoms with E-state index in [9.17, 15) is 4.79 Å². The van der Waals surface area contributed by atoms with E-state index in [0.717, 1.165) is 23.1 Å². The van der Waals surface area contributed by atoms with Crippen molar-refractivity contribution in [2.75, 3.05) is 13.2 Å². The zero-order valence-electron chi connectivity index (χ0n) is 13.2. The molecule has 4 heteroatoms. The average molecular weight is 289 g/mol. The lowest BCUT2D eigenvalue weighted by Crippen LogP contribution is -2.25. The normalized spacial score (nSPS) is 11.1. The fourth-order valence-electron chi connectivity index (χ4n) is 2.23. The summed E-state index contributed by atoms with van der Waals surface area (Å²) >= 11 is 0. The monoisotopic (exact) mass is 289 g/mol. The minimum absolute atomic E-state index is 0.151. The minimum atomic E-state index is -0.151. The lowest BCUT2D eigenvalue weighted by Gasteiger charge is -2.05. The van der Waals surface area contributed by atoms with Crippen molar-refractivity contribution < 1.29 is 13.9 Å². The van der Waals surface area contributed by atoms with E-state index < -0.39 is 0 Å². The van der Waals surface area contributed by atoms with Crippen molar-refractivity contribution >= 4 is 16.9 Å². The van der Waals surface area contributed by atoms with Gasteiger partial charge in [0.2, 0.25) is 0 Å². The van der Waals surface area contributed by atoms with Gasteiger partial charge in [0, 0.05) is 17.5 Å². The Kier molecular flexibility index (Phi) is 4.89. The van der Waals surface area contributed by atoms with Crippen molar-refractivity contribution in [3.8, 4) is 5.75 Å². The highest BCUT2D eigenvalue weighted by Crippen LogP contribution is 2.28. The Bertz CT molecular complexity index is 628. The molecule has 0 bridgehead atoms. The second-order valence-electron chi connectivity index (χ2n) is 5.59. The Hall–Kier alpha value is -1.97. The number of hydrogen-bond acceptors (Lipinski definition) is 3. The largest absolute Gasteiger partial charge is 0.494 e. The Morgan fingerprint density at radius 2 is 2.14 bits per heavy atom. The fraction of sp³-hybridized carbons (Fsp3) is 0.471. The van der Waals surface area contributed by atoms with Gasteiger partial charge >= 0.3 is 0 Å². The molecule has 0 fully saturated rings. The molecule has 0 saturated carbocycles. The molecule has 1 N–H and O–H groups in total. The molecule has 0 saturated heterocycles. The maximum Gasteiger partial charge on any atom is 0.287 e. The van der Waals surface area contributed by atoms with Crippen LogP contribution in [0.15, 0.2) is 22.6 Å². The second kappa shape index (κ2) is 6.66. The summed E-state index contributed by atoms with van der Waals surface area (Å²) in [6.07, 6.45) is 0.958. The summed E-state index contributed by atoms with van der Waals surface area (Å²) < 4.78 is 11.2. The van der Waals surface area contributed by atoms with Gasteiger partial charge in [-0.25, -0.2) is 0 Å². The highest BCUT2D eigenvalue weighted by atomic mass is 16.5. The van der Waals surface area contributed by atoms with Gasteiger partial charge in [0.05, 0.1) is 6.61 Å². The van der Waals surface area contributed by atoms with Gasteiger partial charge < -0.3 is 14.5 Å². The fourth-order valence-corrected chi connectivity index (χ4v) is 2.23. The molecule has 0 aliphatic carbocycles. The van der Waals surface area contributed by atoms with Gasteiger partial charge in [-0.05, 0) is 44.4 Å². The first-order chi connectivity index (χ1) is 10.0. The quantitative estimate of drug-likeness (QED) is 0.877. The molecule has 0 aliphatic heterocycles. The Labute approximate surface area is 125 Å². The van der Waals surface area contributed by atoms with Crippen LogP contribution in [0.3, 0.4) is 0 Å². The van der Waals surface area contributed by atoms with E-state index in [0.29, 0.717) is 30.4 Å². The summed E-state index contributed by atoms with van der Waals surface area (Å²) in [6, 6.07) is 5.62. The number of aryl methyl sites for hydroxylation is 1. The topological polar surface area (TPSA) is 51.5 Å². The van der Waals surface area contributed by atoms with Gasteiger partial charge in [-0.15, -0.1) is 0 Å². The summed E-state index contributed by atoms with van der Waals surface area (Å²) in [7, 11) is 0. The van der Waals surface area contributed by atoms with Crippen LogP contribution < -0.4 is 10.1 Å². The summed E-state index contributed by atoms with van der Waals surface area (Å²) in [5.74, 6) is 1.60. The molecule has 0 atom stereocenters.